The largest absolute Gasteiger partial charge is 0.384 e. The third-order valence-electron chi connectivity index (χ3n) is 3.47. The summed E-state index contributed by atoms with van der Waals surface area (Å²) in [6.07, 6.45) is 4.10. The lowest BCUT2D eigenvalue weighted by Crippen LogP contribution is -2.36. The van der Waals surface area contributed by atoms with Crippen LogP contribution in [-0.2, 0) is 5.41 Å². The molecule has 1 heterocycles. The van der Waals surface area contributed by atoms with Gasteiger partial charge in [-0.3, -0.25) is 0 Å². The predicted molar refractivity (Wildman–Crippen MR) is 58.2 cm³/mol. The van der Waals surface area contributed by atoms with Gasteiger partial charge in [-0.25, -0.2) is 0 Å². The molecular formula is C11H12BrN. The monoisotopic (exact) mass is 237 g/mol. The molecule has 0 atom stereocenters. The summed E-state index contributed by atoms with van der Waals surface area (Å²) in [5.74, 6) is 0. The van der Waals surface area contributed by atoms with Crippen LogP contribution in [0.3, 0.4) is 0 Å². The number of nitrogens with one attached hydrogen (secondary N) is 1. The van der Waals surface area contributed by atoms with Crippen LogP contribution in [0.5, 0.6) is 0 Å². The van der Waals surface area contributed by atoms with Gasteiger partial charge in [-0.1, -0.05) is 28.4 Å². The van der Waals surface area contributed by atoms with E-state index in [9.17, 15) is 0 Å². The topological polar surface area (TPSA) is 12.0 Å². The molecule has 1 spiro atoms. The number of anilines is 1. The summed E-state index contributed by atoms with van der Waals surface area (Å²) in [5, 5.41) is 3.50. The molecule has 68 valence electrons. The molecule has 0 aromatic heterocycles. The number of rotatable bonds is 0. The highest BCUT2D eigenvalue weighted by Crippen LogP contribution is 2.52. The van der Waals surface area contributed by atoms with Crippen molar-refractivity contribution in [2.75, 3.05) is 11.9 Å². The predicted octanol–water partition coefficient (Wildman–Crippen LogP) is 3.30. The first-order valence-corrected chi connectivity index (χ1v) is 5.64. The van der Waals surface area contributed by atoms with Gasteiger partial charge in [0.1, 0.15) is 0 Å². The fourth-order valence-corrected chi connectivity index (χ4v) is 3.38. The minimum Gasteiger partial charge on any atom is -0.384 e. The number of benzene rings is 1. The maximum atomic E-state index is 3.66. The second kappa shape index (κ2) is 2.50. The van der Waals surface area contributed by atoms with E-state index in [0.717, 1.165) is 6.54 Å². The van der Waals surface area contributed by atoms with Crippen molar-refractivity contribution in [2.24, 2.45) is 0 Å². The molecular weight excluding hydrogens is 226 g/mol. The van der Waals surface area contributed by atoms with E-state index in [4.69, 9.17) is 0 Å². The highest BCUT2D eigenvalue weighted by molar-refractivity contribution is 9.10. The fraction of sp³-hybridized carbons (Fsp3) is 0.455. The van der Waals surface area contributed by atoms with E-state index in [2.05, 4.69) is 39.4 Å². The average Bonchev–Trinajstić information content (AvgIpc) is 2.44. The van der Waals surface area contributed by atoms with Gasteiger partial charge >= 0.3 is 0 Å². The molecule has 1 aliphatic carbocycles. The van der Waals surface area contributed by atoms with Gasteiger partial charge in [-0.15, -0.1) is 0 Å². The van der Waals surface area contributed by atoms with Crippen LogP contribution >= 0.6 is 15.9 Å². The van der Waals surface area contributed by atoms with Gasteiger partial charge in [-0.05, 0) is 30.5 Å². The first-order valence-electron chi connectivity index (χ1n) is 4.85. The van der Waals surface area contributed by atoms with Gasteiger partial charge in [0.05, 0.1) is 0 Å². The van der Waals surface area contributed by atoms with Crippen molar-refractivity contribution in [3.63, 3.8) is 0 Å². The lowest BCUT2D eigenvalue weighted by Gasteiger charge is -2.38. The Labute approximate surface area is 86.7 Å². The van der Waals surface area contributed by atoms with Crippen LogP contribution in [0.25, 0.3) is 0 Å². The molecule has 0 unspecified atom stereocenters. The fourth-order valence-electron chi connectivity index (χ4n) is 2.59. The Kier molecular flexibility index (Phi) is 1.51. The highest BCUT2D eigenvalue weighted by atomic mass is 79.9. The van der Waals surface area contributed by atoms with Crippen molar-refractivity contribution >= 4 is 21.6 Å². The summed E-state index contributed by atoms with van der Waals surface area (Å²) < 4.78 is 1.29. The normalized spacial score (nSPS) is 22.2. The number of fused-ring (bicyclic) bond motifs is 2. The van der Waals surface area contributed by atoms with Crippen molar-refractivity contribution in [1.82, 2.24) is 0 Å². The van der Waals surface area contributed by atoms with Crippen molar-refractivity contribution < 1.29 is 0 Å². The van der Waals surface area contributed by atoms with E-state index in [1.807, 2.05) is 0 Å². The summed E-state index contributed by atoms with van der Waals surface area (Å²) >= 11 is 3.66. The molecule has 13 heavy (non-hydrogen) atoms. The van der Waals surface area contributed by atoms with E-state index in [0.29, 0.717) is 5.41 Å². The minimum atomic E-state index is 0.482. The molecule has 0 radical (unpaired) electrons. The van der Waals surface area contributed by atoms with Crippen LogP contribution < -0.4 is 5.32 Å². The van der Waals surface area contributed by atoms with Crippen LogP contribution in [0.15, 0.2) is 22.7 Å². The van der Waals surface area contributed by atoms with Crippen molar-refractivity contribution in [3.05, 3.63) is 28.2 Å². The molecule has 1 saturated carbocycles. The molecule has 1 aromatic rings. The van der Waals surface area contributed by atoms with Gasteiger partial charge in [0, 0.05) is 22.1 Å². The maximum absolute atomic E-state index is 3.66. The Bertz CT molecular complexity index is 355. The number of halogens is 1. The number of hydrogen-bond acceptors (Lipinski definition) is 1. The molecule has 1 aliphatic heterocycles. The lowest BCUT2D eigenvalue weighted by atomic mass is 9.66. The molecule has 0 bridgehead atoms. The second-order valence-corrected chi connectivity index (χ2v) is 5.00. The zero-order valence-electron chi connectivity index (χ0n) is 7.44. The summed E-state index contributed by atoms with van der Waals surface area (Å²) in [4.78, 5) is 0. The molecule has 2 heteroatoms. The van der Waals surface area contributed by atoms with E-state index >= 15 is 0 Å². The van der Waals surface area contributed by atoms with Gasteiger partial charge in [0.2, 0.25) is 0 Å². The molecule has 1 nitrogen and oxygen atoms in total. The Hall–Kier alpha value is -0.500. The van der Waals surface area contributed by atoms with Gasteiger partial charge in [0.25, 0.3) is 0 Å². The summed E-state index contributed by atoms with van der Waals surface area (Å²) in [6.45, 7) is 1.14. The maximum Gasteiger partial charge on any atom is 0.0390 e. The summed E-state index contributed by atoms with van der Waals surface area (Å²) in [6, 6.07) is 6.45. The van der Waals surface area contributed by atoms with Crippen molar-refractivity contribution in [2.45, 2.75) is 24.7 Å². The van der Waals surface area contributed by atoms with Crippen LogP contribution in [0.2, 0.25) is 0 Å². The Balaban J connectivity index is 2.19. The van der Waals surface area contributed by atoms with E-state index in [-0.39, 0.29) is 0 Å². The Morgan fingerprint density at radius 3 is 2.85 bits per heavy atom. The highest BCUT2D eigenvalue weighted by Gasteiger charge is 2.44. The second-order valence-electron chi connectivity index (χ2n) is 4.15. The van der Waals surface area contributed by atoms with E-state index in [1.165, 1.54) is 35.0 Å². The SMILES string of the molecule is Brc1cccc2c1C1(CCC1)CN2. The van der Waals surface area contributed by atoms with Crippen molar-refractivity contribution in [1.29, 1.82) is 0 Å². The Morgan fingerprint density at radius 1 is 1.31 bits per heavy atom. The van der Waals surface area contributed by atoms with Gasteiger partial charge in [-0.2, -0.15) is 0 Å². The summed E-state index contributed by atoms with van der Waals surface area (Å²) in [7, 11) is 0. The lowest BCUT2D eigenvalue weighted by molar-refractivity contribution is 0.271. The first-order chi connectivity index (χ1) is 6.32. The van der Waals surface area contributed by atoms with Gasteiger partial charge in [0.15, 0.2) is 0 Å². The zero-order chi connectivity index (χ0) is 8.89. The number of hydrogen-bond donors (Lipinski definition) is 1. The first kappa shape index (κ1) is 7.86. The van der Waals surface area contributed by atoms with E-state index in [1.54, 1.807) is 0 Å². The molecule has 0 saturated heterocycles. The average molecular weight is 238 g/mol. The minimum absolute atomic E-state index is 0.482. The van der Waals surface area contributed by atoms with Crippen LogP contribution in [-0.4, -0.2) is 6.54 Å². The van der Waals surface area contributed by atoms with Crippen LogP contribution in [0.4, 0.5) is 5.69 Å². The van der Waals surface area contributed by atoms with E-state index < -0.39 is 0 Å². The third kappa shape index (κ3) is 0.925. The molecule has 3 rings (SSSR count). The standard InChI is InChI=1S/C11H12BrN/c12-8-3-1-4-9-10(8)11(7-13-9)5-2-6-11/h1,3-4,13H,2,5-7H2. The van der Waals surface area contributed by atoms with Crippen LogP contribution in [0.1, 0.15) is 24.8 Å². The summed E-state index contributed by atoms with van der Waals surface area (Å²) in [5.41, 5.74) is 3.35. The molecule has 2 aliphatic rings. The smallest absolute Gasteiger partial charge is 0.0390 e. The molecule has 1 aromatic carbocycles. The van der Waals surface area contributed by atoms with Crippen molar-refractivity contribution in [3.8, 4) is 0 Å². The zero-order valence-corrected chi connectivity index (χ0v) is 9.02. The Morgan fingerprint density at radius 2 is 2.15 bits per heavy atom. The molecule has 1 N–H and O–H groups in total. The van der Waals surface area contributed by atoms with Gasteiger partial charge < -0.3 is 5.32 Å². The third-order valence-corrected chi connectivity index (χ3v) is 4.13. The molecule has 0 amide bonds. The quantitative estimate of drug-likeness (QED) is 0.731. The van der Waals surface area contributed by atoms with Crippen LogP contribution in [0, 0.1) is 0 Å². The molecule has 1 fully saturated rings.